The summed E-state index contributed by atoms with van der Waals surface area (Å²) in [6, 6.07) is 3.87. The summed E-state index contributed by atoms with van der Waals surface area (Å²) in [7, 11) is 0. The highest BCUT2D eigenvalue weighted by molar-refractivity contribution is 5.76. The van der Waals surface area contributed by atoms with E-state index < -0.39 is 0 Å². The second kappa shape index (κ2) is 7.43. The Bertz CT molecular complexity index is 356. The third kappa shape index (κ3) is 5.13. The number of carbonyl (C=O) groups excluding carboxylic acids is 1. The normalized spacial score (nSPS) is 9.44. The van der Waals surface area contributed by atoms with Gasteiger partial charge in [0.15, 0.2) is 0 Å². The molecule has 0 atom stereocenters. The van der Waals surface area contributed by atoms with Crippen molar-refractivity contribution in [3.8, 4) is 12.3 Å². The first-order valence-electron chi connectivity index (χ1n) is 5.12. The Kier molecular flexibility index (Phi) is 5.67. The van der Waals surface area contributed by atoms with E-state index in [1.54, 1.807) is 12.4 Å². The number of pyridine rings is 1. The van der Waals surface area contributed by atoms with Gasteiger partial charge in [-0.1, -0.05) is 12.0 Å². The maximum atomic E-state index is 11.2. The van der Waals surface area contributed by atoms with Crippen molar-refractivity contribution in [3.63, 3.8) is 0 Å². The number of aromatic nitrogens is 1. The standard InChI is InChI=1S/C12H15N3O/c1-2-6-15-12(16)5-8-14-10-11-4-3-7-13-9-11/h1,3-4,7,9,14H,5-6,8,10H2,(H,15,16). The fraction of sp³-hybridized carbons (Fsp3) is 0.333. The van der Waals surface area contributed by atoms with Crippen LogP contribution in [0.1, 0.15) is 12.0 Å². The van der Waals surface area contributed by atoms with Gasteiger partial charge in [0.25, 0.3) is 0 Å². The van der Waals surface area contributed by atoms with E-state index in [4.69, 9.17) is 6.42 Å². The molecule has 1 aromatic heterocycles. The van der Waals surface area contributed by atoms with E-state index in [0.29, 0.717) is 19.5 Å². The second-order valence-corrected chi connectivity index (χ2v) is 3.27. The molecule has 1 rings (SSSR count). The van der Waals surface area contributed by atoms with Crippen molar-refractivity contribution >= 4 is 5.91 Å². The van der Waals surface area contributed by atoms with Crippen LogP contribution in [-0.2, 0) is 11.3 Å². The minimum Gasteiger partial charge on any atom is -0.345 e. The molecular weight excluding hydrogens is 202 g/mol. The molecule has 0 spiro atoms. The fourth-order valence-electron chi connectivity index (χ4n) is 1.18. The van der Waals surface area contributed by atoms with Gasteiger partial charge in [0, 0.05) is 31.9 Å². The summed E-state index contributed by atoms with van der Waals surface area (Å²) in [5, 5.41) is 5.76. The molecule has 84 valence electrons. The molecule has 0 saturated carbocycles. The summed E-state index contributed by atoms with van der Waals surface area (Å²) < 4.78 is 0. The Morgan fingerprint density at radius 1 is 1.56 bits per heavy atom. The zero-order chi connectivity index (χ0) is 11.6. The van der Waals surface area contributed by atoms with Gasteiger partial charge in [0.05, 0.1) is 6.54 Å². The average molecular weight is 217 g/mol. The molecule has 4 heteroatoms. The lowest BCUT2D eigenvalue weighted by molar-refractivity contribution is -0.120. The number of nitrogens with zero attached hydrogens (tertiary/aromatic N) is 1. The van der Waals surface area contributed by atoms with Crippen LogP contribution in [0, 0.1) is 12.3 Å². The number of rotatable bonds is 6. The average Bonchev–Trinajstić information content (AvgIpc) is 2.33. The number of carbonyl (C=O) groups is 1. The van der Waals surface area contributed by atoms with Crippen molar-refractivity contribution in [2.45, 2.75) is 13.0 Å². The summed E-state index contributed by atoms with van der Waals surface area (Å²) >= 11 is 0. The highest BCUT2D eigenvalue weighted by atomic mass is 16.1. The first-order chi connectivity index (χ1) is 7.83. The Labute approximate surface area is 95.5 Å². The molecular formula is C12H15N3O. The minimum atomic E-state index is -0.0309. The van der Waals surface area contributed by atoms with Crippen molar-refractivity contribution in [3.05, 3.63) is 30.1 Å². The van der Waals surface area contributed by atoms with Crippen LogP contribution in [-0.4, -0.2) is 24.0 Å². The predicted octanol–water partition coefficient (Wildman–Crippen LogP) is 0.311. The van der Waals surface area contributed by atoms with Crippen LogP contribution in [0.4, 0.5) is 0 Å². The Hall–Kier alpha value is -1.86. The van der Waals surface area contributed by atoms with E-state index in [1.807, 2.05) is 12.1 Å². The molecule has 16 heavy (non-hydrogen) atoms. The molecule has 0 radical (unpaired) electrons. The monoisotopic (exact) mass is 217 g/mol. The molecule has 4 nitrogen and oxygen atoms in total. The Balaban J connectivity index is 2.08. The van der Waals surface area contributed by atoms with Gasteiger partial charge < -0.3 is 10.6 Å². The summed E-state index contributed by atoms with van der Waals surface area (Å²) in [6.45, 7) is 1.64. The van der Waals surface area contributed by atoms with Crippen LogP contribution >= 0.6 is 0 Å². The fourth-order valence-corrected chi connectivity index (χ4v) is 1.18. The smallest absolute Gasteiger partial charge is 0.222 e. The van der Waals surface area contributed by atoms with Gasteiger partial charge in [-0.25, -0.2) is 0 Å². The predicted molar refractivity (Wildman–Crippen MR) is 62.4 cm³/mol. The lowest BCUT2D eigenvalue weighted by atomic mass is 10.3. The molecule has 0 unspecified atom stereocenters. The zero-order valence-corrected chi connectivity index (χ0v) is 9.07. The van der Waals surface area contributed by atoms with Crippen molar-refractivity contribution in [2.24, 2.45) is 0 Å². The van der Waals surface area contributed by atoms with Gasteiger partial charge in [-0.2, -0.15) is 0 Å². The Morgan fingerprint density at radius 3 is 3.12 bits per heavy atom. The number of terminal acetylenes is 1. The molecule has 0 aliphatic carbocycles. The second-order valence-electron chi connectivity index (χ2n) is 3.27. The van der Waals surface area contributed by atoms with E-state index in [1.165, 1.54) is 0 Å². The number of amides is 1. The maximum absolute atomic E-state index is 11.2. The van der Waals surface area contributed by atoms with Crippen LogP contribution < -0.4 is 10.6 Å². The van der Waals surface area contributed by atoms with E-state index in [2.05, 4.69) is 21.5 Å². The van der Waals surface area contributed by atoms with Gasteiger partial charge in [-0.3, -0.25) is 9.78 Å². The van der Waals surface area contributed by atoms with Crippen LogP contribution in [0.2, 0.25) is 0 Å². The molecule has 0 bridgehead atoms. The first kappa shape index (κ1) is 12.2. The zero-order valence-electron chi connectivity index (χ0n) is 9.07. The summed E-state index contributed by atoms with van der Waals surface area (Å²) in [5.74, 6) is 2.32. The van der Waals surface area contributed by atoms with Crippen molar-refractivity contribution in [2.75, 3.05) is 13.1 Å². The van der Waals surface area contributed by atoms with E-state index in [-0.39, 0.29) is 5.91 Å². The third-order valence-corrected chi connectivity index (χ3v) is 1.97. The van der Waals surface area contributed by atoms with E-state index in [0.717, 1.165) is 12.1 Å². The van der Waals surface area contributed by atoms with Crippen molar-refractivity contribution < 1.29 is 4.79 Å². The number of hydrogen-bond acceptors (Lipinski definition) is 3. The quantitative estimate of drug-likeness (QED) is 0.532. The summed E-state index contributed by atoms with van der Waals surface area (Å²) in [5.41, 5.74) is 1.10. The molecule has 0 aliphatic rings. The van der Waals surface area contributed by atoms with Crippen molar-refractivity contribution in [1.29, 1.82) is 0 Å². The van der Waals surface area contributed by atoms with Gasteiger partial charge >= 0.3 is 0 Å². The van der Waals surface area contributed by atoms with Crippen LogP contribution in [0.5, 0.6) is 0 Å². The van der Waals surface area contributed by atoms with E-state index in [9.17, 15) is 4.79 Å². The van der Waals surface area contributed by atoms with Gasteiger partial charge in [-0.05, 0) is 11.6 Å². The van der Waals surface area contributed by atoms with Gasteiger partial charge in [0.1, 0.15) is 0 Å². The van der Waals surface area contributed by atoms with E-state index >= 15 is 0 Å². The molecule has 0 saturated heterocycles. The SMILES string of the molecule is C#CCNC(=O)CCNCc1cccnc1. The summed E-state index contributed by atoms with van der Waals surface area (Å²) in [4.78, 5) is 15.2. The molecule has 0 aliphatic heterocycles. The molecule has 0 aromatic carbocycles. The number of hydrogen-bond donors (Lipinski definition) is 2. The lowest BCUT2D eigenvalue weighted by Crippen LogP contribution is -2.27. The van der Waals surface area contributed by atoms with Gasteiger partial charge in [-0.15, -0.1) is 6.42 Å². The lowest BCUT2D eigenvalue weighted by Gasteiger charge is -2.04. The van der Waals surface area contributed by atoms with Crippen LogP contribution in [0.15, 0.2) is 24.5 Å². The maximum Gasteiger partial charge on any atom is 0.222 e. The summed E-state index contributed by atoms with van der Waals surface area (Å²) in [6.07, 6.45) is 8.98. The first-order valence-corrected chi connectivity index (χ1v) is 5.12. The largest absolute Gasteiger partial charge is 0.345 e. The highest BCUT2D eigenvalue weighted by Crippen LogP contribution is 1.93. The topological polar surface area (TPSA) is 54.0 Å². The molecule has 1 amide bonds. The number of nitrogens with one attached hydrogen (secondary N) is 2. The molecule has 1 aromatic rings. The van der Waals surface area contributed by atoms with Gasteiger partial charge in [0.2, 0.25) is 5.91 Å². The van der Waals surface area contributed by atoms with Crippen LogP contribution in [0.25, 0.3) is 0 Å². The molecule has 1 heterocycles. The third-order valence-electron chi connectivity index (χ3n) is 1.97. The highest BCUT2D eigenvalue weighted by Gasteiger charge is 1.98. The minimum absolute atomic E-state index is 0.0309. The van der Waals surface area contributed by atoms with Crippen LogP contribution in [0.3, 0.4) is 0 Å². The Morgan fingerprint density at radius 2 is 2.44 bits per heavy atom. The molecule has 0 fully saturated rings. The van der Waals surface area contributed by atoms with Crippen molar-refractivity contribution in [1.82, 2.24) is 15.6 Å². The molecule has 2 N–H and O–H groups in total.